The van der Waals surface area contributed by atoms with Gasteiger partial charge in [0, 0.05) is 13.8 Å². The molecule has 2 aromatic carbocycles. The molecule has 0 saturated carbocycles. The average Bonchev–Trinajstić information content (AvgIpc) is 3.25. The van der Waals surface area contributed by atoms with E-state index >= 15 is 0 Å². The summed E-state index contributed by atoms with van der Waals surface area (Å²) in [7, 11) is 0. The van der Waals surface area contributed by atoms with Crippen LogP contribution in [-0.2, 0) is 54.3 Å². The molecule has 2 aromatic rings. The summed E-state index contributed by atoms with van der Waals surface area (Å²) in [5.41, 5.74) is 3.05. The minimum Gasteiger partial charge on any atom is -0.422 e. The van der Waals surface area contributed by atoms with Gasteiger partial charge in [-0.1, -0.05) is 30.3 Å². The average molecular weight is 445 g/mol. The van der Waals surface area contributed by atoms with Crippen LogP contribution in [0.25, 0.3) is 0 Å². The molecule has 1 spiro atoms. The molecule has 0 aromatic heterocycles. The predicted molar refractivity (Wildman–Crippen MR) is 116 cm³/mol. The molecule has 2 fully saturated rings. The van der Waals surface area contributed by atoms with E-state index in [1.165, 1.54) is 4.90 Å². The largest absolute Gasteiger partial charge is 0.422 e. The molecule has 0 bridgehead atoms. The van der Waals surface area contributed by atoms with Crippen LogP contribution in [0.2, 0.25) is 0 Å². The number of anilines is 1. The van der Waals surface area contributed by atoms with Crippen molar-refractivity contribution in [3.05, 3.63) is 64.7 Å². The highest BCUT2D eigenvalue weighted by molar-refractivity contribution is 6.22. The van der Waals surface area contributed by atoms with Crippen LogP contribution in [0.4, 0.5) is 5.69 Å². The number of amides is 2. The van der Waals surface area contributed by atoms with Crippen molar-refractivity contribution < 1.29 is 28.7 Å². The van der Waals surface area contributed by atoms with Crippen molar-refractivity contribution in [1.29, 1.82) is 0 Å². The molecule has 2 atom stereocenters. The summed E-state index contributed by atoms with van der Waals surface area (Å²) in [5.74, 6) is -3.51. The predicted octanol–water partition coefficient (Wildman–Crippen LogP) is 2.51. The number of hydrogen-bond acceptors (Lipinski definition) is 6. The number of esters is 2. The Hall–Kier alpha value is -3.48. The SMILES string of the molecule is CC1(C)OC(=O)C2(Cc3cc4c(cc3C2)CC2C(=O)N(c3ccccc3)C(=O)C2C4)C(=O)O1. The van der Waals surface area contributed by atoms with Gasteiger partial charge in [0.2, 0.25) is 11.8 Å². The number of hydrogen-bond donors (Lipinski definition) is 0. The maximum absolute atomic E-state index is 13.2. The van der Waals surface area contributed by atoms with E-state index in [0.717, 1.165) is 22.3 Å². The van der Waals surface area contributed by atoms with Gasteiger partial charge in [-0.25, -0.2) is 0 Å². The van der Waals surface area contributed by atoms with Gasteiger partial charge in [0.15, 0.2) is 5.41 Å². The van der Waals surface area contributed by atoms with Crippen molar-refractivity contribution in [3.63, 3.8) is 0 Å². The zero-order valence-electron chi connectivity index (χ0n) is 18.4. The molecule has 2 amide bonds. The first-order chi connectivity index (χ1) is 15.7. The summed E-state index contributed by atoms with van der Waals surface area (Å²) in [4.78, 5) is 53.3. The molecule has 4 aliphatic rings. The van der Waals surface area contributed by atoms with Crippen molar-refractivity contribution in [2.24, 2.45) is 17.3 Å². The lowest BCUT2D eigenvalue weighted by molar-refractivity contribution is -0.250. The van der Waals surface area contributed by atoms with E-state index in [1.54, 1.807) is 26.0 Å². The topological polar surface area (TPSA) is 90.0 Å². The Kier molecular flexibility index (Phi) is 3.99. The van der Waals surface area contributed by atoms with Crippen LogP contribution in [0.15, 0.2) is 42.5 Å². The van der Waals surface area contributed by atoms with Crippen LogP contribution >= 0.6 is 0 Å². The highest BCUT2D eigenvalue weighted by Gasteiger charge is 2.59. The zero-order chi connectivity index (χ0) is 23.1. The number of nitrogens with zero attached hydrogens (tertiary/aromatic N) is 1. The van der Waals surface area contributed by atoms with Gasteiger partial charge in [-0.05, 0) is 60.1 Å². The van der Waals surface area contributed by atoms with Gasteiger partial charge >= 0.3 is 11.9 Å². The number of fused-ring (bicyclic) bond motifs is 3. The normalized spacial score (nSPS) is 26.5. The second-order valence-corrected chi connectivity index (χ2v) is 9.97. The van der Waals surface area contributed by atoms with Crippen LogP contribution in [0.5, 0.6) is 0 Å². The summed E-state index contributed by atoms with van der Waals surface area (Å²) >= 11 is 0. The smallest absolute Gasteiger partial charge is 0.327 e. The van der Waals surface area contributed by atoms with Crippen molar-refractivity contribution >= 4 is 29.4 Å². The van der Waals surface area contributed by atoms with Crippen molar-refractivity contribution in [2.45, 2.75) is 45.3 Å². The van der Waals surface area contributed by atoms with Crippen LogP contribution in [0.1, 0.15) is 36.1 Å². The molecule has 2 aliphatic heterocycles. The van der Waals surface area contributed by atoms with Crippen LogP contribution in [0, 0.1) is 17.3 Å². The summed E-state index contributed by atoms with van der Waals surface area (Å²) < 4.78 is 10.8. The van der Waals surface area contributed by atoms with E-state index in [4.69, 9.17) is 9.47 Å². The molecule has 168 valence electrons. The Morgan fingerprint density at radius 1 is 0.758 bits per heavy atom. The fraction of sp³-hybridized carbons (Fsp3) is 0.385. The molecular formula is C26H23NO6. The Morgan fingerprint density at radius 2 is 1.24 bits per heavy atom. The third kappa shape index (κ3) is 2.81. The minimum absolute atomic E-state index is 0.166. The first kappa shape index (κ1) is 20.1. The number of benzene rings is 2. The summed E-state index contributed by atoms with van der Waals surface area (Å²) in [6.45, 7) is 3.09. The highest BCUT2D eigenvalue weighted by Crippen LogP contribution is 2.47. The maximum Gasteiger partial charge on any atom is 0.327 e. The maximum atomic E-state index is 13.2. The Bertz CT molecular complexity index is 1170. The lowest BCUT2D eigenvalue weighted by atomic mass is 9.76. The van der Waals surface area contributed by atoms with E-state index in [1.807, 2.05) is 30.3 Å². The molecule has 7 heteroatoms. The third-order valence-corrected chi connectivity index (χ3v) is 7.42. The Labute approximate surface area is 190 Å². The van der Waals surface area contributed by atoms with Crippen molar-refractivity contribution in [2.75, 3.05) is 4.90 Å². The van der Waals surface area contributed by atoms with E-state index in [-0.39, 0.29) is 24.7 Å². The highest BCUT2D eigenvalue weighted by atomic mass is 16.7. The number of ether oxygens (including phenoxy) is 2. The van der Waals surface area contributed by atoms with Gasteiger partial charge in [-0.15, -0.1) is 0 Å². The number of carbonyl (C=O) groups is 4. The second-order valence-electron chi connectivity index (χ2n) is 9.97. The molecule has 2 heterocycles. The summed E-state index contributed by atoms with van der Waals surface area (Å²) in [6, 6.07) is 13.0. The molecule has 2 aliphatic carbocycles. The van der Waals surface area contributed by atoms with Crippen LogP contribution < -0.4 is 4.90 Å². The number of carbonyl (C=O) groups excluding carboxylic acids is 4. The first-order valence-corrected chi connectivity index (χ1v) is 11.2. The number of rotatable bonds is 1. The van der Waals surface area contributed by atoms with E-state index in [0.29, 0.717) is 18.5 Å². The summed E-state index contributed by atoms with van der Waals surface area (Å²) in [5, 5.41) is 0. The molecule has 2 unspecified atom stereocenters. The zero-order valence-corrected chi connectivity index (χ0v) is 18.4. The minimum atomic E-state index is -1.35. The third-order valence-electron chi connectivity index (χ3n) is 7.42. The van der Waals surface area contributed by atoms with Gasteiger partial charge in [0.25, 0.3) is 5.79 Å². The number of cyclic esters (lactones) is 2. The Morgan fingerprint density at radius 3 is 1.73 bits per heavy atom. The fourth-order valence-corrected chi connectivity index (χ4v) is 5.80. The fourth-order valence-electron chi connectivity index (χ4n) is 5.80. The molecule has 33 heavy (non-hydrogen) atoms. The molecule has 7 nitrogen and oxygen atoms in total. The van der Waals surface area contributed by atoms with Gasteiger partial charge in [0.1, 0.15) is 0 Å². The quantitative estimate of drug-likeness (QED) is 0.381. The molecule has 0 radical (unpaired) electrons. The van der Waals surface area contributed by atoms with E-state index in [2.05, 4.69) is 0 Å². The van der Waals surface area contributed by atoms with Crippen LogP contribution in [-0.4, -0.2) is 29.5 Å². The monoisotopic (exact) mass is 445 g/mol. The van der Waals surface area contributed by atoms with Gasteiger partial charge in [0.05, 0.1) is 17.5 Å². The first-order valence-electron chi connectivity index (χ1n) is 11.2. The molecular weight excluding hydrogens is 422 g/mol. The number of imide groups is 1. The van der Waals surface area contributed by atoms with Crippen molar-refractivity contribution in [1.82, 2.24) is 0 Å². The molecule has 6 rings (SSSR count). The van der Waals surface area contributed by atoms with Gasteiger partial charge in [-0.3, -0.25) is 24.1 Å². The van der Waals surface area contributed by atoms with Crippen molar-refractivity contribution in [3.8, 4) is 0 Å². The molecule has 0 N–H and O–H groups in total. The van der Waals surface area contributed by atoms with Crippen LogP contribution in [0.3, 0.4) is 0 Å². The van der Waals surface area contributed by atoms with E-state index < -0.39 is 35.0 Å². The second kappa shape index (κ2) is 6.53. The lowest BCUT2D eigenvalue weighted by Crippen LogP contribution is -2.54. The summed E-state index contributed by atoms with van der Waals surface area (Å²) in [6.07, 6.45) is 1.38. The standard InChI is InChI=1S/C26H23NO6/c1-25(2)32-23(30)26(24(31)33-25)12-16-8-14-10-19-20(11-15(14)9-17(16)13-26)22(29)27(21(19)28)18-6-4-3-5-7-18/h3-9,19-20H,10-13H2,1-2H3. The number of para-hydroxylation sites is 1. The Balaban J connectivity index is 1.31. The molecule has 2 saturated heterocycles. The van der Waals surface area contributed by atoms with E-state index in [9.17, 15) is 19.2 Å². The van der Waals surface area contributed by atoms with Gasteiger partial charge in [-0.2, -0.15) is 0 Å². The lowest BCUT2D eigenvalue weighted by Gasteiger charge is -2.38. The van der Waals surface area contributed by atoms with Gasteiger partial charge < -0.3 is 9.47 Å².